The van der Waals surface area contributed by atoms with Gasteiger partial charge in [-0.05, 0) is 47.3 Å². The van der Waals surface area contributed by atoms with Crippen LogP contribution in [0.1, 0.15) is 11.3 Å². The van der Waals surface area contributed by atoms with Gasteiger partial charge in [0.05, 0.1) is 13.7 Å². The van der Waals surface area contributed by atoms with Gasteiger partial charge < -0.3 is 14.2 Å². The molecule has 0 fully saturated rings. The zero-order chi connectivity index (χ0) is 21.1. The summed E-state index contributed by atoms with van der Waals surface area (Å²) in [6.07, 6.45) is 3.21. The third-order valence-electron chi connectivity index (χ3n) is 5.03. The first-order valence-corrected chi connectivity index (χ1v) is 9.87. The second-order valence-electron chi connectivity index (χ2n) is 6.98. The molecule has 0 aliphatic heterocycles. The number of halogens is 1. The van der Waals surface area contributed by atoms with Gasteiger partial charge in [-0.2, -0.15) is 0 Å². The van der Waals surface area contributed by atoms with Gasteiger partial charge in [0.1, 0.15) is 17.8 Å². The number of benzene rings is 2. The van der Waals surface area contributed by atoms with E-state index in [2.05, 4.69) is 44.8 Å². The number of fused-ring (bicyclic) bond motifs is 1. The highest BCUT2D eigenvalue weighted by atomic mass is 35.5. The molecule has 2 aromatic heterocycles. The zero-order valence-electron chi connectivity index (χ0n) is 17.1. The van der Waals surface area contributed by atoms with E-state index in [1.807, 2.05) is 48.3 Å². The first-order valence-electron chi connectivity index (χ1n) is 9.50. The molecule has 30 heavy (non-hydrogen) atoms. The van der Waals surface area contributed by atoms with E-state index in [-0.39, 0.29) is 0 Å². The molecule has 2 aromatic carbocycles. The average Bonchev–Trinajstić information content (AvgIpc) is 3.08. The number of aliphatic imine (C=N–C) groups is 1. The van der Waals surface area contributed by atoms with E-state index >= 15 is 0 Å². The summed E-state index contributed by atoms with van der Waals surface area (Å²) in [5.74, 6) is 1.47. The van der Waals surface area contributed by atoms with Crippen molar-refractivity contribution >= 4 is 40.2 Å². The highest BCUT2D eigenvalue weighted by Crippen LogP contribution is 2.32. The monoisotopic (exact) mass is 419 g/mol. The standard InChI is InChI=1S/C23H22ClN5O/c1-28(14-18-12-17-6-4-5-7-20(17)29(18)2)23-21(22(24)26-15-27-23)25-13-16-8-10-19(30-3)11-9-16/h4-13,15H,14H2,1-3H3. The maximum atomic E-state index is 6.37. The number of ether oxygens (including phenoxy) is 1. The van der Waals surface area contributed by atoms with Crippen molar-refractivity contribution in [3.05, 3.63) is 77.3 Å². The molecule has 152 valence electrons. The first-order chi connectivity index (χ1) is 14.6. The molecule has 0 bridgehead atoms. The van der Waals surface area contributed by atoms with Gasteiger partial charge in [-0.3, -0.25) is 0 Å². The number of para-hydroxylation sites is 1. The van der Waals surface area contributed by atoms with Crippen LogP contribution in [-0.4, -0.2) is 34.9 Å². The lowest BCUT2D eigenvalue weighted by molar-refractivity contribution is 0.415. The lowest BCUT2D eigenvalue weighted by atomic mass is 10.2. The number of aryl methyl sites for hydroxylation is 1. The van der Waals surface area contributed by atoms with Crippen LogP contribution in [0.2, 0.25) is 5.15 Å². The molecule has 6 nitrogen and oxygen atoms in total. The van der Waals surface area contributed by atoms with Crippen LogP contribution >= 0.6 is 11.6 Å². The van der Waals surface area contributed by atoms with Crippen LogP contribution in [0.5, 0.6) is 5.75 Å². The largest absolute Gasteiger partial charge is 0.497 e. The molecule has 0 unspecified atom stereocenters. The van der Waals surface area contributed by atoms with Gasteiger partial charge in [0.25, 0.3) is 0 Å². The summed E-state index contributed by atoms with van der Waals surface area (Å²) in [6.45, 7) is 0.656. The number of hydrogen-bond acceptors (Lipinski definition) is 5. The first kappa shape index (κ1) is 19.9. The molecule has 0 amide bonds. The molecule has 0 N–H and O–H groups in total. The fourth-order valence-electron chi connectivity index (χ4n) is 3.38. The maximum Gasteiger partial charge on any atom is 0.160 e. The minimum absolute atomic E-state index is 0.314. The number of anilines is 1. The topological polar surface area (TPSA) is 55.5 Å². The highest BCUT2D eigenvalue weighted by molar-refractivity contribution is 6.32. The van der Waals surface area contributed by atoms with Crippen molar-refractivity contribution in [1.29, 1.82) is 0 Å². The van der Waals surface area contributed by atoms with Crippen LogP contribution in [0.4, 0.5) is 11.5 Å². The Hall–Kier alpha value is -3.38. The van der Waals surface area contributed by atoms with Crippen molar-refractivity contribution in [3.8, 4) is 5.75 Å². The van der Waals surface area contributed by atoms with Crippen LogP contribution in [0.25, 0.3) is 10.9 Å². The van der Waals surface area contributed by atoms with Crippen molar-refractivity contribution in [2.24, 2.45) is 12.0 Å². The van der Waals surface area contributed by atoms with Gasteiger partial charge in [-0.1, -0.05) is 29.8 Å². The van der Waals surface area contributed by atoms with E-state index in [4.69, 9.17) is 16.3 Å². The molecule has 0 saturated carbocycles. The molecule has 2 heterocycles. The Morgan fingerprint density at radius 2 is 1.90 bits per heavy atom. The number of aromatic nitrogens is 3. The smallest absolute Gasteiger partial charge is 0.160 e. The van der Waals surface area contributed by atoms with Gasteiger partial charge >= 0.3 is 0 Å². The fraction of sp³-hybridized carbons (Fsp3) is 0.174. The van der Waals surface area contributed by atoms with E-state index in [1.165, 1.54) is 22.9 Å². The number of hydrogen-bond donors (Lipinski definition) is 0. The number of methoxy groups -OCH3 is 1. The summed E-state index contributed by atoms with van der Waals surface area (Å²) in [6, 6.07) is 18.1. The Labute approximate surface area is 180 Å². The van der Waals surface area contributed by atoms with E-state index in [0.29, 0.717) is 23.2 Å². The highest BCUT2D eigenvalue weighted by Gasteiger charge is 2.15. The summed E-state index contributed by atoms with van der Waals surface area (Å²) in [7, 11) is 5.69. The predicted octanol–water partition coefficient (Wildman–Crippen LogP) is 5.02. The van der Waals surface area contributed by atoms with Crippen molar-refractivity contribution in [2.75, 3.05) is 19.1 Å². The van der Waals surface area contributed by atoms with Crippen LogP contribution in [0.3, 0.4) is 0 Å². The van der Waals surface area contributed by atoms with Crippen LogP contribution in [-0.2, 0) is 13.6 Å². The molecule has 4 rings (SSSR count). The molecule has 0 aliphatic carbocycles. The summed E-state index contributed by atoms with van der Waals surface area (Å²) in [5, 5.41) is 1.52. The molecular weight excluding hydrogens is 398 g/mol. The summed E-state index contributed by atoms with van der Waals surface area (Å²) in [4.78, 5) is 15.2. The van der Waals surface area contributed by atoms with Crippen LogP contribution < -0.4 is 9.64 Å². The van der Waals surface area contributed by atoms with Crippen molar-refractivity contribution in [3.63, 3.8) is 0 Å². The second kappa shape index (κ2) is 8.55. The van der Waals surface area contributed by atoms with Crippen molar-refractivity contribution in [1.82, 2.24) is 14.5 Å². The average molecular weight is 420 g/mol. The molecule has 4 aromatic rings. The second-order valence-corrected chi connectivity index (χ2v) is 7.34. The molecule has 0 saturated heterocycles. The van der Waals surface area contributed by atoms with E-state index < -0.39 is 0 Å². The lowest BCUT2D eigenvalue weighted by Crippen LogP contribution is -2.19. The van der Waals surface area contributed by atoms with Gasteiger partial charge in [0.15, 0.2) is 11.0 Å². The van der Waals surface area contributed by atoms with Crippen LogP contribution in [0.15, 0.2) is 65.9 Å². The summed E-state index contributed by atoms with van der Waals surface area (Å²) >= 11 is 6.37. The van der Waals surface area contributed by atoms with Gasteiger partial charge in [0, 0.05) is 31.5 Å². The Morgan fingerprint density at radius 3 is 2.63 bits per heavy atom. The molecular formula is C23H22ClN5O. The molecule has 0 aliphatic rings. The van der Waals surface area contributed by atoms with E-state index in [1.54, 1.807) is 13.3 Å². The molecule has 0 spiro atoms. The van der Waals surface area contributed by atoms with E-state index in [0.717, 1.165) is 11.3 Å². The zero-order valence-corrected chi connectivity index (χ0v) is 17.8. The quantitative estimate of drug-likeness (QED) is 0.325. The Morgan fingerprint density at radius 1 is 1.13 bits per heavy atom. The number of rotatable bonds is 6. The lowest BCUT2D eigenvalue weighted by Gasteiger charge is -2.20. The van der Waals surface area contributed by atoms with Gasteiger partial charge in [-0.25, -0.2) is 15.0 Å². The van der Waals surface area contributed by atoms with Crippen molar-refractivity contribution < 1.29 is 4.74 Å². The molecule has 7 heteroatoms. The SMILES string of the molecule is COc1ccc(C=Nc2c(Cl)ncnc2N(C)Cc2cc3ccccc3n2C)cc1. The molecule has 0 radical (unpaired) electrons. The molecule has 0 atom stereocenters. The van der Waals surface area contributed by atoms with Gasteiger partial charge in [-0.15, -0.1) is 0 Å². The summed E-state index contributed by atoms with van der Waals surface area (Å²) < 4.78 is 7.38. The van der Waals surface area contributed by atoms with Gasteiger partial charge in [0.2, 0.25) is 0 Å². The van der Waals surface area contributed by atoms with Crippen molar-refractivity contribution in [2.45, 2.75) is 6.54 Å². The minimum atomic E-state index is 0.314. The fourth-order valence-corrected chi connectivity index (χ4v) is 3.56. The van der Waals surface area contributed by atoms with E-state index in [9.17, 15) is 0 Å². The predicted molar refractivity (Wildman–Crippen MR) is 122 cm³/mol. The summed E-state index contributed by atoms with van der Waals surface area (Å²) in [5.41, 5.74) is 3.83. The Kier molecular flexibility index (Phi) is 5.68. The minimum Gasteiger partial charge on any atom is -0.497 e. The third-order valence-corrected chi connectivity index (χ3v) is 5.31. The Bertz CT molecular complexity index is 1200. The number of nitrogens with zero attached hydrogens (tertiary/aromatic N) is 5. The maximum absolute atomic E-state index is 6.37. The third kappa shape index (κ3) is 4.00. The normalized spacial score (nSPS) is 11.3. The Balaban J connectivity index is 1.62. The van der Waals surface area contributed by atoms with Crippen LogP contribution in [0, 0.1) is 0 Å².